The number of carbonyl (C=O) groups excluding carboxylic acids is 1. The molecule has 0 aliphatic carbocycles. The second kappa shape index (κ2) is 5.73. The lowest BCUT2D eigenvalue weighted by molar-refractivity contribution is 0.0992. The average molecular weight is 336 g/mol. The number of carbonyl (C=O) groups is 1. The minimum absolute atomic E-state index is 0.0345. The van der Waals surface area contributed by atoms with Gasteiger partial charge in [-0.05, 0) is 29.2 Å². The highest BCUT2D eigenvalue weighted by atomic mass is 32.2. The Bertz CT molecular complexity index is 828. The van der Waals surface area contributed by atoms with Crippen molar-refractivity contribution in [3.05, 3.63) is 47.8 Å². The van der Waals surface area contributed by atoms with Gasteiger partial charge in [0.15, 0.2) is 0 Å². The minimum Gasteiger partial charge on any atom is -0.379 e. The first kappa shape index (κ1) is 17.1. The molecular formula is C16H20N2O4S. The van der Waals surface area contributed by atoms with Gasteiger partial charge < -0.3 is 14.5 Å². The third-order valence-corrected chi connectivity index (χ3v) is 4.66. The Morgan fingerprint density at radius 3 is 2.17 bits per heavy atom. The maximum absolute atomic E-state index is 12.3. The summed E-state index contributed by atoms with van der Waals surface area (Å²) in [5.74, 6) is -0.494. The van der Waals surface area contributed by atoms with Gasteiger partial charge in [-0.1, -0.05) is 32.9 Å². The average Bonchev–Trinajstić information content (AvgIpc) is 2.81. The summed E-state index contributed by atoms with van der Waals surface area (Å²) in [4.78, 5) is 11.1. The van der Waals surface area contributed by atoms with Gasteiger partial charge in [0.1, 0.15) is 16.3 Å². The van der Waals surface area contributed by atoms with Crippen LogP contribution in [0, 0.1) is 0 Å². The molecule has 124 valence electrons. The molecule has 23 heavy (non-hydrogen) atoms. The molecule has 0 unspecified atom stereocenters. The largest absolute Gasteiger partial charge is 0.379 e. The molecule has 7 heteroatoms. The smallest absolute Gasteiger partial charge is 0.340 e. The zero-order valence-corrected chi connectivity index (χ0v) is 14.3. The van der Waals surface area contributed by atoms with Crippen LogP contribution in [0.5, 0.6) is 5.75 Å². The molecule has 0 aliphatic rings. The maximum Gasteiger partial charge on any atom is 0.340 e. The number of nitrogens with two attached hydrogens (primary N) is 1. The summed E-state index contributed by atoms with van der Waals surface area (Å²) in [6, 6.07) is 8.06. The predicted molar refractivity (Wildman–Crippen MR) is 86.9 cm³/mol. The molecule has 1 amide bonds. The zero-order valence-electron chi connectivity index (χ0n) is 13.5. The lowest BCUT2D eigenvalue weighted by Gasteiger charge is -2.19. The molecule has 0 bridgehead atoms. The number of aromatic nitrogens is 1. The Hall–Kier alpha value is -2.28. The molecule has 0 spiro atoms. The van der Waals surface area contributed by atoms with E-state index in [0.29, 0.717) is 0 Å². The molecule has 0 radical (unpaired) electrons. The maximum atomic E-state index is 12.3. The summed E-state index contributed by atoms with van der Waals surface area (Å²) in [6.07, 6.45) is 1.29. The summed E-state index contributed by atoms with van der Waals surface area (Å²) in [5, 5.41) is 0. The highest BCUT2D eigenvalue weighted by Crippen LogP contribution is 2.26. The van der Waals surface area contributed by atoms with Crippen molar-refractivity contribution < 1.29 is 17.4 Å². The molecular weight excluding hydrogens is 316 g/mol. The molecule has 2 N–H and O–H groups in total. The molecule has 1 heterocycles. The zero-order chi connectivity index (χ0) is 17.4. The van der Waals surface area contributed by atoms with Gasteiger partial charge in [0, 0.05) is 13.2 Å². The van der Waals surface area contributed by atoms with E-state index in [1.807, 2.05) is 12.1 Å². The van der Waals surface area contributed by atoms with Crippen LogP contribution in [0.15, 0.2) is 41.4 Å². The predicted octanol–water partition coefficient (Wildman–Crippen LogP) is 2.19. The topological polar surface area (TPSA) is 91.4 Å². The highest BCUT2D eigenvalue weighted by molar-refractivity contribution is 7.87. The second-order valence-corrected chi connectivity index (χ2v) is 7.89. The van der Waals surface area contributed by atoms with E-state index in [1.54, 1.807) is 12.1 Å². The van der Waals surface area contributed by atoms with Gasteiger partial charge in [0.2, 0.25) is 0 Å². The van der Waals surface area contributed by atoms with Crippen LogP contribution in [0.4, 0.5) is 0 Å². The second-order valence-electron chi connectivity index (χ2n) is 6.35. The standard InChI is InChI=1S/C16H20N2O4S/c1-16(2,3)11-5-7-12(8-6-11)22-23(20,21)13-9-14(15(17)19)18(4)10-13/h5-10H,1-4H3,(H2,17,19). The van der Waals surface area contributed by atoms with Gasteiger partial charge in [-0.2, -0.15) is 8.42 Å². The highest BCUT2D eigenvalue weighted by Gasteiger charge is 2.22. The minimum atomic E-state index is -4.03. The molecule has 6 nitrogen and oxygen atoms in total. The van der Waals surface area contributed by atoms with Gasteiger partial charge in [0.25, 0.3) is 5.91 Å². The van der Waals surface area contributed by atoms with Crippen LogP contribution in [-0.4, -0.2) is 18.9 Å². The van der Waals surface area contributed by atoms with E-state index in [4.69, 9.17) is 9.92 Å². The fourth-order valence-electron chi connectivity index (χ4n) is 2.10. The monoisotopic (exact) mass is 336 g/mol. The van der Waals surface area contributed by atoms with E-state index in [2.05, 4.69) is 20.8 Å². The third-order valence-electron chi connectivity index (χ3n) is 3.45. The molecule has 2 rings (SSSR count). The quantitative estimate of drug-likeness (QED) is 0.866. The van der Waals surface area contributed by atoms with Crippen molar-refractivity contribution in [1.82, 2.24) is 4.57 Å². The number of hydrogen-bond donors (Lipinski definition) is 1. The van der Waals surface area contributed by atoms with Crippen molar-refractivity contribution >= 4 is 16.0 Å². The van der Waals surface area contributed by atoms with Crippen molar-refractivity contribution in [2.75, 3.05) is 0 Å². The van der Waals surface area contributed by atoms with Crippen molar-refractivity contribution in [3.8, 4) is 5.75 Å². The first-order valence-corrected chi connectivity index (χ1v) is 8.43. The van der Waals surface area contributed by atoms with Gasteiger partial charge in [0.05, 0.1) is 0 Å². The first-order valence-electron chi connectivity index (χ1n) is 7.02. The van der Waals surface area contributed by atoms with Crippen molar-refractivity contribution in [3.63, 3.8) is 0 Å². The molecule has 0 fully saturated rings. The van der Waals surface area contributed by atoms with Crippen molar-refractivity contribution in [2.24, 2.45) is 12.8 Å². The fourth-order valence-corrected chi connectivity index (χ4v) is 3.11. The SMILES string of the molecule is Cn1cc(S(=O)(=O)Oc2ccc(C(C)(C)C)cc2)cc1C(N)=O. The third kappa shape index (κ3) is 3.73. The number of amides is 1. The number of nitrogens with zero attached hydrogens (tertiary/aromatic N) is 1. The summed E-state index contributed by atoms with van der Waals surface area (Å²) in [5.41, 5.74) is 6.31. The van der Waals surface area contributed by atoms with E-state index in [-0.39, 0.29) is 21.8 Å². The molecule has 0 saturated heterocycles. The Balaban J connectivity index is 2.28. The normalized spacial score (nSPS) is 12.2. The summed E-state index contributed by atoms with van der Waals surface area (Å²) < 4.78 is 31.0. The summed E-state index contributed by atoms with van der Waals surface area (Å²) in [6.45, 7) is 6.19. The number of aryl methyl sites for hydroxylation is 1. The fraction of sp³-hybridized carbons (Fsp3) is 0.312. The summed E-state index contributed by atoms with van der Waals surface area (Å²) in [7, 11) is -2.49. The number of rotatable bonds is 4. The van der Waals surface area contributed by atoms with Gasteiger partial charge in [-0.25, -0.2) is 0 Å². The molecule has 2 aromatic rings. The van der Waals surface area contributed by atoms with E-state index >= 15 is 0 Å². The van der Waals surface area contributed by atoms with Crippen molar-refractivity contribution in [1.29, 1.82) is 0 Å². The van der Waals surface area contributed by atoms with Crippen LogP contribution in [0.3, 0.4) is 0 Å². The molecule has 1 aromatic carbocycles. The molecule has 0 atom stereocenters. The van der Waals surface area contributed by atoms with E-state index < -0.39 is 16.0 Å². The van der Waals surface area contributed by atoms with Crippen LogP contribution >= 0.6 is 0 Å². The Labute approximate surface area is 136 Å². The molecule has 0 saturated carbocycles. The first-order chi connectivity index (χ1) is 10.5. The lowest BCUT2D eigenvalue weighted by Crippen LogP contribution is -2.14. The lowest BCUT2D eigenvalue weighted by atomic mass is 9.87. The van der Waals surface area contributed by atoms with E-state index in [0.717, 1.165) is 5.56 Å². The number of primary amides is 1. The summed E-state index contributed by atoms with van der Waals surface area (Å²) >= 11 is 0. The number of hydrogen-bond acceptors (Lipinski definition) is 4. The van der Waals surface area contributed by atoms with Gasteiger partial charge in [-0.3, -0.25) is 4.79 Å². The molecule has 0 aliphatic heterocycles. The van der Waals surface area contributed by atoms with Crippen LogP contribution in [-0.2, 0) is 22.6 Å². The van der Waals surface area contributed by atoms with E-state index in [9.17, 15) is 13.2 Å². The van der Waals surface area contributed by atoms with Gasteiger partial charge in [-0.15, -0.1) is 0 Å². The number of benzene rings is 1. The van der Waals surface area contributed by atoms with Crippen LogP contribution in [0.2, 0.25) is 0 Å². The van der Waals surface area contributed by atoms with Crippen LogP contribution < -0.4 is 9.92 Å². The van der Waals surface area contributed by atoms with Crippen LogP contribution in [0.25, 0.3) is 0 Å². The Kier molecular flexibility index (Phi) is 4.26. The van der Waals surface area contributed by atoms with Crippen molar-refractivity contribution in [2.45, 2.75) is 31.1 Å². The van der Waals surface area contributed by atoms with Crippen LogP contribution in [0.1, 0.15) is 36.8 Å². The Morgan fingerprint density at radius 1 is 1.17 bits per heavy atom. The van der Waals surface area contributed by atoms with Gasteiger partial charge >= 0.3 is 10.1 Å². The Morgan fingerprint density at radius 2 is 1.74 bits per heavy atom. The molecule has 1 aromatic heterocycles. The van der Waals surface area contributed by atoms with E-state index in [1.165, 1.54) is 23.9 Å².